The fourth-order valence-electron chi connectivity index (χ4n) is 2.57. The van der Waals surface area contributed by atoms with Gasteiger partial charge in [-0.1, -0.05) is 53.0 Å². The van der Waals surface area contributed by atoms with Gasteiger partial charge in [0.05, 0.1) is 16.3 Å². The Labute approximate surface area is 200 Å². The molecule has 0 saturated carbocycles. The van der Waals surface area contributed by atoms with Crippen LogP contribution in [-0.4, -0.2) is 18.0 Å². The molecule has 0 aliphatic rings. The molecule has 0 radical (unpaired) electrons. The van der Waals surface area contributed by atoms with E-state index in [2.05, 4.69) is 15.8 Å². The average molecular weight is 491 g/mol. The van der Waals surface area contributed by atoms with Crippen LogP contribution >= 0.6 is 34.8 Å². The summed E-state index contributed by atoms with van der Waals surface area (Å²) in [5.74, 6) is -0.389. The zero-order valence-corrected chi connectivity index (χ0v) is 18.9. The summed E-state index contributed by atoms with van der Waals surface area (Å²) in [5, 5.41) is 7.75. The summed E-state index contributed by atoms with van der Waals surface area (Å²) in [5.41, 5.74) is 4.39. The van der Waals surface area contributed by atoms with Crippen LogP contribution in [0.4, 0.5) is 5.69 Å². The highest BCUT2D eigenvalue weighted by molar-refractivity contribution is 6.42. The van der Waals surface area contributed by atoms with Crippen molar-refractivity contribution in [3.63, 3.8) is 0 Å². The number of hydrogen-bond donors (Lipinski definition) is 2. The zero-order chi connectivity index (χ0) is 22.9. The molecular formula is C23H18Cl3N3O3. The van der Waals surface area contributed by atoms with E-state index in [0.717, 1.165) is 11.1 Å². The molecule has 0 fully saturated rings. The lowest BCUT2D eigenvalue weighted by molar-refractivity contribution is -0.126. The number of rotatable bonds is 8. The predicted molar refractivity (Wildman–Crippen MR) is 128 cm³/mol. The molecule has 0 aliphatic heterocycles. The van der Waals surface area contributed by atoms with Gasteiger partial charge in [0.2, 0.25) is 11.8 Å². The minimum atomic E-state index is -0.557. The van der Waals surface area contributed by atoms with Crippen molar-refractivity contribution < 1.29 is 14.3 Å². The van der Waals surface area contributed by atoms with Crippen LogP contribution in [0.3, 0.4) is 0 Å². The molecule has 9 heteroatoms. The molecular weight excluding hydrogens is 473 g/mol. The fourth-order valence-corrected chi connectivity index (χ4v) is 3.06. The number of hydrogen-bond acceptors (Lipinski definition) is 4. The van der Waals surface area contributed by atoms with Gasteiger partial charge in [-0.2, -0.15) is 5.10 Å². The monoisotopic (exact) mass is 489 g/mol. The van der Waals surface area contributed by atoms with Gasteiger partial charge in [0, 0.05) is 16.3 Å². The molecule has 3 aromatic rings. The SMILES string of the molecule is O=C(CC(=O)Nc1ccc(Cl)c(Cl)c1)NN=Cc1ccc(OCc2ccccc2Cl)cc1. The highest BCUT2D eigenvalue weighted by Gasteiger charge is 2.10. The molecule has 3 rings (SSSR count). The molecule has 2 amide bonds. The minimum Gasteiger partial charge on any atom is -0.489 e. The normalized spacial score (nSPS) is 10.7. The summed E-state index contributed by atoms with van der Waals surface area (Å²) >= 11 is 17.8. The van der Waals surface area contributed by atoms with Crippen LogP contribution in [0.5, 0.6) is 5.75 Å². The second-order valence-electron chi connectivity index (χ2n) is 6.60. The Hall–Kier alpha value is -3.06. The molecule has 0 heterocycles. The van der Waals surface area contributed by atoms with Gasteiger partial charge in [-0.05, 0) is 54.1 Å². The summed E-state index contributed by atoms with van der Waals surface area (Å²) in [6.07, 6.45) is 1.07. The van der Waals surface area contributed by atoms with Gasteiger partial charge in [0.15, 0.2) is 0 Å². The molecule has 2 N–H and O–H groups in total. The van der Waals surface area contributed by atoms with E-state index in [4.69, 9.17) is 39.5 Å². The van der Waals surface area contributed by atoms with Crippen LogP contribution in [-0.2, 0) is 16.2 Å². The van der Waals surface area contributed by atoms with Gasteiger partial charge >= 0.3 is 0 Å². The number of carbonyl (C=O) groups is 2. The first-order chi connectivity index (χ1) is 15.4. The Kier molecular flexibility index (Phi) is 8.50. The summed E-state index contributed by atoms with van der Waals surface area (Å²) in [6.45, 7) is 0.355. The van der Waals surface area contributed by atoms with E-state index in [1.54, 1.807) is 36.4 Å². The Balaban J connectivity index is 1.43. The highest BCUT2D eigenvalue weighted by atomic mass is 35.5. The number of nitrogens with one attached hydrogen (secondary N) is 2. The Morgan fingerprint density at radius 1 is 0.875 bits per heavy atom. The number of amides is 2. The van der Waals surface area contributed by atoms with E-state index in [1.807, 2.05) is 24.3 Å². The maximum absolute atomic E-state index is 12.0. The molecule has 0 saturated heterocycles. The average Bonchev–Trinajstić information content (AvgIpc) is 2.76. The second kappa shape index (κ2) is 11.5. The Morgan fingerprint density at radius 3 is 2.34 bits per heavy atom. The van der Waals surface area contributed by atoms with Crippen molar-refractivity contribution in [2.75, 3.05) is 5.32 Å². The Morgan fingerprint density at radius 2 is 1.62 bits per heavy atom. The van der Waals surface area contributed by atoms with E-state index in [0.29, 0.717) is 33.1 Å². The van der Waals surface area contributed by atoms with Crippen molar-refractivity contribution in [3.8, 4) is 5.75 Å². The van der Waals surface area contributed by atoms with Gasteiger partial charge in [0.1, 0.15) is 18.8 Å². The Bertz CT molecular complexity index is 1130. The second-order valence-corrected chi connectivity index (χ2v) is 7.82. The number of hydrazone groups is 1. The number of anilines is 1. The third kappa shape index (κ3) is 7.27. The summed E-state index contributed by atoms with van der Waals surface area (Å²) < 4.78 is 5.72. The van der Waals surface area contributed by atoms with Crippen LogP contribution in [0.1, 0.15) is 17.5 Å². The lowest BCUT2D eigenvalue weighted by Gasteiger charge is -2.07. The molecule has 164 valence electrons. The van der Waals surface area contributed by atoms with Crippen molar-refractivity contribution in [1.82, 2.24) is 5.43 Å². The maximum Gasteiger partial charge on any atom is 0.249 e. The van der Waals surface area contributed by atoms with Gasteiger partial charge in [-0.25, -0.2) is 5.43 Å². The number of halogens is 3. The van der Waals surface area contributed by atoms with Gasteiger partial charge < -0.3 is 10.1 Å². The van der Waals surface area contributed by atoms with Crippen molar-refractivity contribution in [2.24, 2.45) is 5.10 Å². The molecule has 0 unspecified atom stereocenters. The van der Waals surface area contributed by atoms with E-state index in [9.17, 15) is 9.59 Å². The molecule has 0 spiro atoms. The van der Waals surface area contributed by atoms with E-state index < -0.39 is 18.2 Å². The molecule has 0 aromatic heterocycles. The standard InChI is InChI=1S/C23H18Cl3N3O3/c24-19-4-2-1-3-16(19)14-32-18-8-5-15(6-9-18)13-27-29-23(31)12-22(30)28-17-7-10-20(25)21(26)11-17/h1-11,13H,12,14H2,(H,28,30)(H,29,31). The summed E-state index contributed by atoms with van der Waals surface area (Å²) in [4.78, 5) is 23.8. The first-order valence-corrected chi connectivity index (χ1v) is 10.6. The van der Waals surface area contributed by atoms with E-state index in [1.165, 1.54) is 12.3 Å². The van der Waals surface area contributed by atoms with Gasteiger partial charge in [0.25, 0.3) is 0 Å². The number of benzene rings is 3. The van der Waals surface area contributed by atoms with Crippen molar-refractivity contribution >= 4 is 58.5 Å². The van der Waals surface area contributed by atoms with Crippen LogP contribution in [0.15, 0.2) is 71.8 Å². The van der Waals surface area contributed by atoms with Crippen LogP contribution < -0.4 is 15.5 Å². The quantitative estimate of drug-likeness (QED) is 0.241. The van der Waals surface area contributed by atoms with E-state index >= 15 is 0 Å². The summed E-state index contributed by atoms with van der Waals surface area (Å²) in [6, 6.07) is 19.2. The molecule has 0 bridgehead atoms. The molecule has 0 atom stereocenters. The van der Waals surface area contributed by atoms with E-state index in [-0.39, 0.29) is 0 Å². The lowest BCUT2D eigenvalue weighted by atomic mass is 10.2. The minimum absolute atomic E-state index is 0.304. The number of carbonyl (C=O) groups excluding carboxylic acids is 2. The largest absolute Gasteiger partial charge is 0.489 e. The van der Waals surface area contributed by atoms with Gasteiger partial charge in [-0.3, -0.25) is 9.59 Å². The number of ether oxygens (including phenoxy) is 1. The summed E-state index contributed by atoms with van der Waals surface area (Å²) in [7, 11) is 0. The van der Waals surface area contributed by atoms with Crippen molar-refractivity contribution in [3.05, 3.63) is 92.9 Å². The predicted octanol–water partition coefficient (Wildman–Crippen LogP) is 5.70. The first kappa shape index (κ1) is 23.6. The van der Waals surface area contributed by atoms with Crippen LogP contribution in [0.25, 0.3) is 0 Å². The topological polar surface area (TPSA) is 79.8 Å². The fraction of sp³-hybridized carbons (Fsp3) is 0.0870. The molecule has 3 aromatic carbocycles. The van der Waals surface area contributed by atoms with Crippen LogP contribution in [0.2, 0.25) is 15.1 Å². The van der Waals surface area contributed by atoms with Gasteiger partial charge in [-0.15, -0.1) is 0 Å². The van der Waals surface area contributed by atoms with Crippen molar-refractivity contribution in [2.45, 2.75) is 13.0 Å². The smallest absolute Gasteiger partial charge is 0.249 e. The first-order valence-electron chi connectivity index (χ1n) is 9.44. The highest BCUT2D eigenvalue weighted by Crippen LogP contribution is 2.25. The lowest BCUT2D eigenvalue weighted by Crippen LogP contribution is -2.24. The molecule has 32 heavy (non-hydrogen) atoms. The molecule has 6 nitrogen and oxygen atoms in total. The van der Waals surface area contributed by atoms with Crippen LogP contribution in [0, 0.1) is 0 Å². The zero-order valence-electron chi connectivity index (χ0n) is 16.6. The maximum atomic E-state index is 12.0. The number of nitrogens with zero attached hydrogens (tertiary/aromatic N) is 1. The third-order valence-corrected chi connectivity index (χ3v) is 5.27. The third-order valence-electron chi connectivity index (χ3n) is 4.16. The van der Waals surface area contributed by atoms with Crippen molar-refractivity contribution in [1.29, 1.82) is 0 Å². The molecule has 0 aliphatic carbocycles.